The molecule has 0 spiro atoms. The van der Waals surface area contributed by atoms with Crippen LogP contribution < -0.4 is 16.0 Å². The number of anilines is 1. The van der Waals surface area contributed by atoms with Crippen molar-refractivity contribution < 1.29 is 9.90 Å². The topological polar surface area (TPSA) is 91.5 Å². The average Bonchev–Trinajstić information content (AvgIpc) is 2.46. The number of aromatic hydroxyl groups is 1. The number of nitrogens with zero attached hydrogens (tertiary/aromatic N) is 2. The fourth-order valence-corrected chi connectivity index (χ4v) is 2.58. The number of fused-ring (bicyclic) bond motifs is 1. The number of phenols is 1. The van der Waals surface area contributed by atoms with Gasteiger partial charge in [0.05, 0.1) is 0 Å². The minimum atomic E-state index is -0.427. The number of primary amides is 1. The number of aromatic nitrogens is 1. The molecule has 3 rings (SSSR count). The number of amides is 1. The van der Waals surface area contributed by atoms with Gasteiger partial charge in [-0.3, -0.25) is 4.79 Å². The average molecular weight is 272 g/mol. The maximum Gasteiger partial charge on any atom is 0.241 e. The molecule has 1 fully saturated rings. The second-order valence-electron chi connectivity index (χ2n) is 4.86. The zero-order chi connectivity index (χ0) is 14.1. The van der Waals surface area contributed by atoms with Crippen LogP contribution in [-0.4, -0.2) is 41.7 Å². The van der Waals surface area contributed by atoms with Crippen LogP contribution in [0.3, 0.4) is 0 Å². The molecule has 1 unspecified atom stereocenters. The number of pyridine rings is 1. The van der Waals surface area contributed by atoms with Gasteiger partial charge in [0.1, 0.15) is 17.6 Å². The molecule has 104 valence electrons. The van der Waals surface area contributed by atoms with Crippen LogP contribution in [0, 0.1) is 0 Å². The molecule has 2 heterocycles. The van der Waals surface area contributed by atoms with Gasteiger partial charge in [-0.05, 0) is 23.6 Å². The molecule has 1 aromatic heterocycles. The van der Waals surface area contributed by atoms with Crippen LogP contribution in [0.5, 0.6) is 5.75 Å². The van der Waals surface area contributed by atoms with Crippen molar-refractivity contribution in [3.8, 4) is 5.75 Å². The lowest BCUT2D eigenvalue weighted by molar-refractivity contribution is -0.119. The van der Waals surface area contributed by atoms with E-state index < -0.39 is 6.04 Å². The molecule has 1 amide bonds. The largest absolute Gasteiger partial charge is 0.508 e. The van der Waals surface area contributed by atoms with E-state index in [1.165, 1.54) is 0 Å². The summed E-state index contributed by atoms with van der Waals surface area (Å²) in [5.74, 6) is 0.484. The van der Waals surface area contributed by atoms with Gasteiger partial charge in [-0.1, -0.05) is 6.07 Å². The number of nitrogens with one attached hydrogen (secondary N) is 1. The van der Waals surface area contributed by atoms with Crippen molar-refractivity contribution in [1.82, 2.24) is 10.3 Å². The zero-order valence-corrected chi connectivity index (χ0v) is 10.9. The molecule has 1 aliphatic heterocycles. The summed E-state index contributed by atoms with van der Waals surface area (Å²) in [5.41, 5.74) is 5.47. The molecule has 4 N–H and O–H groups in total. The molecule has 6 nitrogen and oxygen atoms in total. The normalized spacial score (nSPS) is 19.2. The molecule has 1 aromatic carbocycles. The first-order chi connectivity index (χ1) is 9.66. The lowest BCUT2D eigenvalue weighted by Crippen LogP contribution is -2.57. The smallest absolute Gasteiger partial charge is 0.241 e. The Balaban J connectivity index is 2.12. The second kappa shape index (κ2) is 4.97. The Hall–Kier alpha value is -2.34. The van der Waals surface area contributed by atoms with Crippen LogP contribution in [0.1, 0.15) is 0 Å². The van der Waals surface area contributed by atoms with Crippen molar-refractivity contribution in [2.24, 2.45) is 5.73 Å². The predicted molar refractivity (Wildman–Crippen MR) is 76.6 cm³/mol. The zero-order valence-electron chi connectivity index (χ0n) is 10.9. The van der Waals surface area contributed by atoms with Gasteiger partial charge < -0.3 is 21.1 Å². The Morgan fingerprint density at radius 1 is 1.45 bits per heavy atom. The Kier molecular flexibility index (Phi) is 3.15. The third-order valence-electron chi connectivity index (χ3n) is 3.57. The first-order valence-electron chi connectivity index (χ1n) is 6.51. The molecule has 0 saturated carbocycles. The number of carbonyl (C=O) groups excluding carboxylic acids is 1. The van der Waals surface area contributed by atoms with E-state index in [4.69, 9.17) is 5.73 Å². The van der Waals surface area contributed by atoms with E-state index in [1.54, 1.807) is 18.3 Å². The van der Waals surface area contributed by atoms with Crippen molar-refractivity contribution >= 4 is 22.5 Å². The minimum absolute atomic E-state index is 0.178. The number of phenolic OH excluding ortho intramolecular Hbond substituents is 1. The van der Waals surface area contributed by atoms with Crippen molar-refractivity contribution in [2.45, 2.75) is 6.04 Å². The molecule has 1 saturated heterocycles. The summed E-state index contributed by atoms with van der Waals surface area (Å²) < 4.78 is 0. The van der Waals surface area contributed by atoms with E-state index in [0.717, 1.165) is 17.3 Å². The first kappa shape index (κ1) is 12.7. The van der Waals surface area contributed by atoms with E-state index in [9.17, 15) is 9.90 Å². The fourth-order valence-electron chi connectivity index (χ4n) is 2.58. The summed E-state index contributed by atoms with van der Waals surface area (Å²) in [6.07, 6.45) is 1.70. The van der Waals surface area contributed by atoms with Gasteiger partial charge in [0, 0.05) is 31.2 Å². The van der Waals surface area contributed by atoms with Crippen LogP contribution >= 0.6 is 0 Å². The highest BCUT2D eigenvalue weighted by Crippen LogP contribution is 2.29. The van der Waals surface area contributed by atoms with Gasteiger partial charge in [0.25, 0.3) is 0 Å². The summed E-state index contributed by atoms with van der Waals surface area (Å²) >= 11 is 0. The van der Waals surface area contributed by atoms with Crippen molar-refractivity contribution in [1.29, 1.82) is 0 Å². The third-order valence-corrected chi connectivity index (χ3v) is 3.57. The number of rotatable bonds is 2. The van der Waals surface area contributed by atoms with Crippen LogP contribution in [0.2, 0.25) is 0 Å². The number of benzene rings is 1. The van der Waals surface area contributed by atoms with Crippen molar-refractivity contribution in [2.75, 3.05) is 24.5 Å². The standard InChI is InChI=1S/C14H16N4O2/c15-13(20)12-8-16-5-6-18(12)14-11-7-10(19)2-1-9(11)3-4-17-14/h1-4,7,12,16,19H,5-6,8H2,(H2,15,20). The number of piperazine rings is 1. The highest BCUT2D eigenvalue weighted by atomic mass is 16.3. The van der Waals surface area contributed by atoms with E-state index in [-0.39, 0.29) is 11.7 Å². The fraction of sp³-hybridized carbons (Fsp3) is 0.286. The Morgan fingerprint density at radius 3 is 3.10 bits per heavy atom. The number of nitrogens with two attached hydrogens (primary N) is 1. The van der Waals surface area contributed by atoms with E-state index in [0.29, 0.717) is 18.9 Å². The van der Waals surface area contributed by atoms with Crippen LogP contribution in [0.25, 0.3) is 10.8 Å². The lowest BCUT2D eigenvalue weighted by Gasteiger charge is -2.35. The van der Waals surface area contributed by atoms with Gasteiger partial charge in [0.2, 0.25) is 5.91 Å². The maximum atomic E-state index is 11.6. The Morgan fingerprint density at radius 2 is 2.30 bits per heavy atom. The molecule has 1 aliphatic rings. The molecular formula is C14H16N4O2. The monoisotopic (exact) mass is 272 g/mol. The van der Waals surface area contributed by atoms with Gasteiger partial charge in [0.15, 0.2) is 0 Å². The van der Waals surface area contributed by atoms with Gasteiger partial charge in [-0.15, -0.1) is 0 Å². The molecule has 6 heteroatoms. The molecular weight excluding hydrogens is 256 g/mol. The predicted octanol–water partition coefficient (Wildman–Crippen LogP) is 0.204. The summed E-state index contributed by atoms with van der Waals surface area (Å²) in [5, 5.41) is 14.6. The molecule has 2 aromatic rings. The van der Waals surface area contributed by atoms with E-state index in [1.807, 2.05) is 17.0 Å². The summed E-state index contributed by atoms with van der Waals surface area (Å²) in [6.45, 7) is 1.92. The third kappa shape index (κ3) is 2.14. The van der Waals surface area contributed by atoms with Crippen LogP contribution in [-0.2, 0) is 4.79 Å². The lowest BCUT2D eigenvalue weighted by atomic mass is 10.1. The van der Waals surface area contributed by atoms with E-state index >= 15 is 0 Å². The quantitative estimate of drug-likeness (QED) is 0.726. The van der Waals surface area contributed by atoms with Crippen molar-refractivity contribution in [3.05, 3.63) is 30.5 Å². The van der Waals surface area contributed by atoms with E-state index in [2.05, 4.69) is 10.3 Å². The Labute approximate surface area is 116 Å². The number of carbonyl (C=O) groups is 1. The number of hydrogen-bond acceptors (Lipinski definition) is 5. The summed E-state index contributed by atoms with van der Waals surface area (Å²) in [4.78, 5) is 17.9. The van der Waals surface area contributed by atoms with Gasteiger partial charge in [-0.2, -0.15) is 0 Å². The van der Waals surface area contributed by atoms with Crippen molar-refractivity contribution in [3.63, 3.8) is 0 Å². The summed E-state index contributed by atoms with van der Waals surface area (Å²) in [6, 6.07) is 6.58. The van der Waals surface area contributed by atoms with Crippen LogP contribution in [0.15, 0.2) is 30.5 Å². The first-order valence-corrected chi connectivity index (χ1v) is 6.51. The minimum Gasteiger partial charge on any atom is -0.508 e. The summed E-state index contributed by atoms with van der Waals surface area (Å²) in [7, 11) is 0. The van der Waals surface area contributed by atoms with Gasteiger partial charge >= 0.3 is 0 Å². The molecule has 1 atom stereocenters. The Bertz CT molecular complexity index is 659. The second-order valence-corrected chi connectivity index (χ2v) is 4.86. The molecule has 0 bridgehead atoms. The van der Waals surface area contributed by atoms with Gasteiger partial charge in [-0.25, -0.2) is 4.98 Å². The molecule has 20 heavy (non-hydrogen) atoms. The highest BCUT2D eigenvalue weighted by molar-refractivity contribution is 5.95. The molecule has 0 aliphatic carbocycles. The maximum absolute atomic E-state index is 11.6. The van der Waals surface area contributed by atoms with Crippen LogP contribution in [0.4, 0.5) is 5.82 Å². The highest BCUT2D eigenvalue weighted by Gasteiger charge is 2.28. The SMILES string of the molecule is NC(=O)C1CNCCN1c1nccc2ccc(O)cc12. The molecule has 0 radical (unpaired) electrons. The number of hydrogen-bond donors (Lipinski definition) is 3.